The smallest absolute Gasteiger partial charge is 0.410 e. The fourth-order valence-corrected chi connectivity index (χ4v) is 5.68. The highest BCUT2D eigenvalue weighted by molar-refractivity contribution is 7.58. The molecule has 34 heavy (non-hydrogen) atoms. The summed E-state index contributed by atoms with van der Waals surface area (Å²) in [7, 11) is -3.64. The number of carboxylic acids is 1. The molecular formula is C23H35N2O8P. The van der Waals surface area contributed by atoms with Crippen LogP contribution in [0.15, 0.2) is 30.3 Å². The Kier molecular flexibility index (Phi) is 10.9. The molecule has 2 amide bonds. The van der Waals surface area contributed by atoms with E-state index in [9.17, 15) is 28.9 Å². The summed E-state index contributed by atoms with van der Waals surface area (Å²) in [6.45, 7) is 5.01. The van der Waals surface area contributed by atoms with Crippen LogP contribution in [0.5, 0.6) is 5.75 Å². The summed E-state index contributed by atoms with van der Waals surface area (Å²) < 4.78 is 23.3. The van der Waals surface area contributed by atoms with Crippen LogP contribution in [-0.2, 0) is 18.9 Å². The molecule has 0 aliphatic carbocycles. The maximum absolute atomic E-state index is 13.0. The maximum Gasteiger partial charge on any atom is 0.410 e. The third-order valence-corrected chi connectivity index (χ3v) is 7.47. The minimum atomic E-state index is -3.64. The van der Waals surface area contributed by atoms with Gasteiger partial charge in [0.15, 0.2) is 0 Å². The first kappa shape index (κ1) is 27.7. The van der Waals surface area contributed by atoms with Crippen molar-refractivity contribution in [2.24, 2.45) is 11.8 Å². The predicted molar refractivity (Wildman–Crippen MR) is 126 cm³/mol. The number of rotatable bonds is 12. The molecule has 1 aromatic carbocycles. The predicted octanol–water partition coefficient (Wildman–Crippen LogP) is 2.75. The second-order valence-corrected chi connectivity index (χ2v) is 11.3. The lowest BCUT2D eigenvalue weighted by Crippen LogP contribution is -2.52. The van der Waals surface area contributed by atoms with Crippen molar-refractivity contribution in [2.45, 2.75) is 26.7 Å². The number of para-hydroxylation sites is 1. The molecule has 1 aliphatic heterocycles. The molecule has 1 aromatic rings. The van der Waals surface area contributed by atoms with E-state index in [1.165, 1.54) is 9.80 Å². The third kappa shape index (κ3) is 9.73. The number of nitrogens with zero attached hydrogens (tertiary/aromatic N) is 2. The van der Waals surface area contributed by atoms with Crippen LogP contribution in [0.4, 0.5) is 4.79 Å². The van der Waals surface area contributed by atoms with Gasteiger partial charge in [0.2, 0.25) is 13.3 Å². The molecule has 10 nitrogen and oxygen atoms in total. The number of amides is 2. The summed E-state index contributed by atoms with van der Waals surface area (Å²) in [5.74, 6) is -1.83. The van der Waals surface area contributed by atoms with Crippen molar-refractivity contribution in [3.8, 4) is 5.75 Å². The number of carbonyl (C=O) groups excluding carboxylic acids is 2. The first-order valence-electron chi connectivity index (χ1n) is 11.5. The third-order valence-electron chi connectivity index (χ3n) is 5.50. The van der Waals surface area contributed by atoms with E-state index in [-0.39, 0.29) is 57.6 Å². The van der Waals surface area contributed by atoms with E-state index in [0.717, 1.165) is 0 Å². The first-order chi connectivity index (χ1) is 16.1. The van der Waals surface area contributed by atoms with E-state index in [0.29, 0.717) is 12.2 Å². The van der Waals surface area contributed by atoms with Crippen LogP contribution in [0.1, 0.15) is 26.7 Å². The Morgan fingerprint density at radius 3 is 2.24 bits per heavy atom. The minimum Gasteiger partial charge on any atom is -0.490 e. The fourth-order valence-electron chi connectivity index (χ4n) is 3.60. The average Bonchev–Trinajstić information content (AvgIpc) is 2.80. The van der Waals surface area contributed by atoms with Crippen LogP contribution in [0.3, 0.4) is 0 Å². The van der Waals surface area contributed by atoms with Gasteiger partial charge in [0.1, 0.15) is 19.0 Å². The number of piperazine rings is 1. The van der Waals surface area contributed by atoms with E-state index in [1.807, 2.05) is 32.0 Å². The van der Waals surface area contributed by atoms with E-state index < -0.39 is 37.7 Å². The van der Waals surface area contributed by atoms with Crippen molar-refractivity contribution < 1.29 is 38.4 Å². The lowest BCUT2D eigenvalue weighted by Gasteiger charge is -2.36. The molecule has 1 saturated heterocycles. The van der Waals surface area contributed by atoms with Crippen LogP contribution in [0, 0.1) is 11.8 Å². The van der Waals surface area contributed by atoms with Crippen molar-refractivity contribution >= 4 is 25.3 Å². The molecule has 190 valence electrons. The highest BCUT2D eigenvalue weighted by atomic mass is 31.2. The Balaban J connectivity index is 1.81. The number of hydrogen-bond acceptors (Lipinski definition) is 6. The van der Waals surface area contributed by atoms with Gasteiger partial charge in [-0.25, -0.2) is 4.79 Å². The number of ether oxygens (including phenoxy) is 2. The molecule has 1 aliphatic rings. The van der Waals surface area contributed by atoms with Gasteiger partial charge in [0.05, 0.1) is 12.3 Å². The number of carboxylic acid groups (broad SMARTS) is 1. The number of carbonyl (C=O) groups is 3. The SMILES string of the molecule is CC(C)CCP(=O)(O)CC(CC(=O)O)C(=O)N1CCN(C(=O)OCCOc2ccccc2)CC1. The van der Waals surface area contributed by atoms with Gasteiger partial charge in [0.25, 0.3) is 0 Å². The quantitative estimate of drug-likeness (QED) is 0.332. The summed E-state index contributed by atoms with van der Waals surface area (Å²) in [6, 6.07) is 9.16. The van der Waals surface area contributed by atoms with E-state index in [4.69, 9.17) is 9.47 Å². The zero-order valence-corrected chi connectivity index (χ0v) is 20.7. The van der Waals surface area contributed by atoms with Crippen LogP contribution in [0.25, 0.3) is 0 Å². The van der Waals surface area contributed by atoms with Gasteiger partial charge in [0, 0.05) is 38.5 Å². The van der Waals surface area contributed by atoms with Gasteiger partial charge in [-0.2, -0.15) is 0 Å². The second-order valence-electron chi connectivity index (χ2n) is 8.82. The maximum atomic E-state index is 13.0. The molecule has 0 bridgehead atoms. The van der Waals surface area contributed by atoms with Gasteiger partial charge in [-0.1, -0.05) is 32.0 Å². The molecule has 2 unspecified atom stereocenters. The second kappa shape index (κ2) is 13.3. The van der Waals surface area contributed by atoms with E-state index >= 15 is 0 Å². The van der Waals surface area contributed by atoms with Crippen molar-refractivity contribution in [2.75, 3.05) is 51.7 Å². The monoisotopic (exact) mass is 498 g/mol. The van der Waals surface area contributed by atoms with Gasteiger partial charge in [-0.3, -0.25) is 14.2 Å². The highest BCUT2D eigenvalue weighted by Crippen LogP contribution is 2.44. The molecule has 0 radical (unpaired) electrons. The molecule has 0 spiro atoms. The van der Waals surface area contributed by atoms with Crippen LogP contribution in [0.2, 0.25) is 0 Å². The van der Waals surface area contributed by atoms with Gasteiger partial charge in [-0.05, 0) is 24.5 Å². The minimum absolute atomic E-state index is 0.0572. The zero-order valence-electron chi connectivity index (χ0n) is 19.8. The lowest BCUT2D eigenvalue weighted by molar-refractivity contribution is -0.144. The van der Waals surface area contributed by atoms with Crippen LogP contribution < -0.4 is 4.74 Å². The van der Waals surface area contributed by atoms with Crippen LogP contribution >= 0.6 is 7.37 Å². The molecule has 1 fully saturated rings. The summed E-state index contributed by atoms with van der Waals surface area (Å²) >= 11 is 0. The molecular weight excluding hydrogens is 463 g/mol. The van der Waals surface area contributed by atoms with E-state index in [1.54, 1.807) is 12.1 Å². The Labute approximate surface area is 200 Å². The number of aliphatic carboxylic acids is 1. The van der Waals surface area contributed by atoms with Crippen LogP contribution in [-0.4, -0.2) is 89.5 Å². The van der Waals surface area contributed by atoms with Gasteiger partial charge >= 0.3 is 12.1 Å². The normalized spacial score (nSPS) is 16.6. The van der Waals surface area contributed by atoms with Gasteiger partial charge in [-0.15, -0.1) is 0 Å². The molecule has 2 rings (SSSR count). The average molecular weight is 499 g/mol. The molecule has 0 saturated carbocycles. The summed E-state index contributed by atoms with van der Waals surface area (Å²) in [5.41, 5.74) is 0. The van der Waals surface area contributed by atoms with Crippen molar-refractivity contribution in [1.82, 2.24) is 9.80 Å². The summed E-state index contributed by atoms with van der Waals surface area (Å²) in [5, 5.41) is 9.21. The highest BCUT2D eigenvalue weighted by Gasteiger charge is 2.35. The fraction of sp³-hybridized carbons (Fsp3) is 0.609. The zero-order chi connectivity index (χ0) is 25.1. The topological polar surface area (TPSA) is 134 Å². The molecule has 11 heteroatoms. The molecule has 2 atom stereocenters. The number of benzene rings is 1. The Morgan fingerprint density at radius 1 is 1.03 bits per heavy atom. The standard InChI is InChI=1S/C23H35N2O8P/c1-18(2)8-15-34(30,31)17-19(16-21(26)27)22(28)24-9-11-25(12-10-24)23(29)33-14-13-32-20-6-4-3-5-7-20/h3-7,18-19H,8-17H2,1-2H3,(H,26,27)(H,30,31). The van der Waals surface area contributed by atoms with Gasteiger partial charge < -0.3 is 29.3 Å². The van der Waals surface area contributed by atoms with Crippen molar-refractivity contribution in [1.29, 1.82) is 0 Å². The molecule has 2 N–H and O–H groups in total. The largest absolute Gasteiger partial charge is 0.490 e. The van der Waals surface area contributed by atoms with Crippen molar-refractivity contribution in [3.63, 3.8) is 0 Å². The Hall–Kier alpha value is -2.58. The first-order valence-corrected chi connectivity index (χ1v) is 13.5. The lowest BCUT2D eigenvalue weighted by atomic mass is 10.1. The summed E-state index contributed by atoms with van der Waals surface area (Å²) in [4.78, 5) is 49.7. The number of hydrogen-bond donors (Lipinski definition) is 2. The Morgan fingerprint density at radius 2 is 1.65 bits per heavy atom. The van der Waals surface area contributed by atoms with Crippen molar-refractivity contribution in [3.05, 3.63) is 30.3 Å². The van der Waals surface area contributed by atoms with E-state index in [2.05, 4.69) is 0 Å². The molecule has 0 aromatic heterocycles. The Bertz CT molecular complexity index is 856. The molecule has 1 heterocycles. The summed E-state index contributed by atoms with van der Waals surface area (Å²) in [6.07, 6.45) is -0.788.